The van der Waals surface area contributed by atoms with E-state index in [4.69, 9.17) is 16.3 Å². The lowest BCUT2D eigenvalue weighted by Gasteiger charge is -2.25. The second kappa shape index (κ2) is 6.33. The Labute approximate surface area is 144 Å². The molecule has 0 bridgehead atoms. The van der Waals surface area contributed by atoms with Crippen molar-refractivity contribution in [1.82, 2.24) is 4.90 Å². The van der Waals surface area contributed by atoms with Gasteiger partial charge in [0, 0.05) is 19.7 Å². The maximum Gasteiger partial charge on any atom is 0.311 e. The van der Waals surface area contributed by atoms with E-state index in [9.17, 15) is 19.1 Å². The molecule has 0 saturated carbocycles. The monoisotopic (exact) mass is 355 g/mol. The predicted molar refractivity (Wildman–Crippen MR) is 85.1 cm³/mol. The van der Waals surface area contributed by atoms with E-state index < -0.39 is 29.2 Å². The summed E-state index contributed by atoms with van der Waals surface area (Å²) in [6.07, 6.45) is 0.441. The highest BCUT2D eigenvalue weighted by molar-refractivity contribution is 6.30. The molecule has 1 N–H and O–H groups in total. The third-order valence-electron chi connectivity index (χ3n) is 4.98. The average Bonchev–Trinajstić information content (AvgIpc) is 3.17. The van der Waals surface area contributed by atoms with Crippen molar-refractivity contribution < 1.29 is 23.8 Å². The largest absolute Gasteiger partial charge is 0.481 e. The summed E-state index contributed by atoms with van der Waals surface area (Å²) in [5, 5.41) is 9.33. The maximum atomic E-state index is 13.7. The summed E-state index contributed by atoms with van der Waals surface area (Å²) in [6, 6.07) is 4.41. The summed E-state index contributed by atoms with van der Waals surface area (Å²) in [7, 11) is 0. The molecular weight excluding hydrogens is 337 g/mol. The number of carbonyl (C=O) groups excluding carboxylic acids is 1. The van der Waals surface area contributed by atoms with Gasteiger partial charge in [0.2, 0.25) is 5.91 Å². The maximum absolute atomic E-state index is 13.7. The first-order chi connectivity index (χ1) is 11.3. The summed E-state index contributed by atoms with van der Waals surface area (Å²) in [6.45, 7) is 2.67. The number of carbonyl (C=O) groups is 2. The summed E-state index contributed by atoms with van der Waals surface area (Å²) in [5.41, 5.74) is -0.329. The lowest BCUT2D eigenvalue weighted by molar-refractivity contribution is -0.147. The van der Waals surface area contributed by atoms with Crippen molar-refractivity contribution in [3.05, 3.63) is 34.6 Å². The number of benzene rings is 1. The van der Waals surface area contributed by atoms with E-state index in [1.165, 1.54) is 12.1 Å². The number of aliphatic carboxylic acids is 1. The number of nitrogens with zero attached hydrogens (tertiary/aromatic N) is 1. The van der Waals surface area contributed by atoms with Crippen LogP contribution in [0.25, 0.3) is 0 Å². The van der Waals surface area contributed by atoms with Crippen molar-refractivity contribution in [3.8, 4) is 0 Å². The molecule has 2 aliphatic heterocycles. The Kier molecular flexibility index (Phi) is 4.53. The van der Waals surface area contributed by atoms with Gasteiger partial charge in [0.15, 0.2) is 0 Å². The van der Waals surface area contributed by atoms with Crippen molar-refractivity contribution in [1.29, 1.82) is 0 Å². The van der Waals surface area contributed by atoms with Crippen LogP contribution < -0.4 is 0 Å². The molecule has 130 valence electrons. The van der Waals surface area contributed by atoms with Crippen LogP contribution >= 0.6 is 11.6 Å². The third kappa shape index (κ3) is 3.00. The molecular formula is C17H19ClFNO4. The first-order valence-electron chi connectivity index (χ1n) is 7.90. The van der Waals surface area contributed by atoms with Gasteiger partial charge in [0.1, 0.15) is 5.82 Å². The van der Waals surface area contributed by atoms with Crippen molar-refractivity contribution >= 4 is 23.5 Å². The van der Waals surface area contributed by atoms with Crippen LogP contribution in [-0.2, 0) is 14.3 Å². The van der Waals surface area contributed by atoms with Crippen molar-refractivity contribution in [2.75, 3.05) is 19.7 Å². The van der Waals surface area contributed by atoms with Gasteiger partial charge < -0.3 is 14.7 Å². The molecule has 2 saturated heterocycles. The van der Waals surface area contributed by atoms with E-state index >= 15 is 0 Å². The fraction of sp³-hybridized carbons (Fsp3) is 0.529. The number of rotatable bonds is 3. The van der Waals surface area contributed by atoms with Gasteiger partial charge in [-0.05, 0) is 37.5 Å². The predicted octanol–water partition coefficient (Wildman–Crippen LogP) is 2.88. The first kappa shape index (κ1) is 17.2. The number of halogens is 2. The number of hydrogen-bond donors (Lipinski definition) is 1. The van der Waals surface area contributed by atoms with Crippen LogP contribution in [0.15, 0.2) is 18.2 Å². The Balaban J connectivity index is 1.77. The van der Waals surface area contributed by atoms with Gasteiger partial charge in [-0.1, -0.05) is 17.7 Å². The van der Waals surface area contributed by atoms with Gasteiger partial charge >= 0.3 is 5.97 Å². The normalized spacial score (nSPS) is 29.9. The number of likely N-dealkylation sites (tertiary alicyclic amines) is 1. The van der Waals surface area contributed by atoms with E-state index in [2.05, 4.69) is 0 Å². The van der Waals surface area contributed by atoms with Gasteiger partial charge in [0.25, 0.3) is 0 Å². The molecule has 3 atom stereocenters. The standard InChI is InChI=1S/C17H19ClFNO4/c1-17(16(22)23)5-6-20(9-17)15(21)11-4-7-24-14(11)10-2-3-12(18)13(19)8-10/h2-3,8,11,14H,4-7,9H2,1H3,(H,22,23)/t11-,14+,17?/m1/s1. The molecule has 1 amide bonds. The van der Waals surface area contributed by atoms with Gasteiger partial charge in [0.05, 0.1) is 22.5 Å². The molecule has 1 aromatic rings. The summed E-state index contributed by atoms with van der Waals surface area (Å²) >= 11 is 5.70. The molecule has 2 fully saturated rings. The number of hydrogen-bond acceptors (Lipinski definition) is 3. The van der Waals surface area contributed by atoms with E-state index in [0.717, 1.165) is 0 Å². The molecule has 1 unspecified atom stereocenters. The van der Waals surface area contributed by atoms with E-state index in [1.54, 1.807) is 17.9 Å². The molecule has 0 radical (unpaired) electrons. The molecule has 0 aromatic heterocycles. The van der Waals surface area contributed by atoms with Crippen LogP contribution in [0.2, 0.25) is 5.02 Å². The SMILES string of the molecule is CC1(C(=O)O)CCN(C(=O)[C@@H]2CCO[C@H]2c2ccc(Cl)c(F)c2)C1. The lowest BCUT2D eigenvalue weighted by atomic mass is 9.90. The topological polar surface area (TPSA) is 66.8 Å². The van der Waals surface area contributed by atoms with Gasteiger partial charge in [-0.2, -0.15) is 0 Å². The minimum absolute atomic E-state index is 0.0244. The summed E-state index contributed by atoms with van der Waals surface area (Å²) < 4.78 is 19.4. The smallest absolute Gasteiger partial charge is 0.311 e. The second-order valence-corrected chi connectivity index (χ2v) is 7.14. The Bertz CT molecular complexity index is 683. The minimum atomic E-state index is -0.906. The van der Waals surface area contributed by atoms with E-state index in [-0.39, 0.29) is 17.5 Å². The second-order valence-electron chi connectivity index (χ2n) is 6.74. The molecule has 5 nitrogen and oxygen atoms in total. The Hall–Kier alpha value is -1.66. The molecule has 24 heavy (non-hydrogen) atoms. The molecule has 0 aliphatic carbocycles. The lowest BCUT2D eigenvalue weighted by Crippen LogP contribution is -2.38. The van der Waals surface area contributed by atoms with Crippen molar-refractivity contribution in [2.45, 2.75) is 25.9 Å². The summed E-state index contributed by atoms with van der Waals surface area (Å²) in [4.78, 5) is 25.8. The molecule has 0 spiro atoms. The van der Waals surface area contributed by atoms with Gasteiger partial charge in [-0.3, -0.25) is 9.59 Å². The molecule has 7 heteroatoms. The first-order valence-corrected chi connectivity index (χ1v) is 8.28. The summed E-state index contributed by atoms with van der Waals surface area (Å²) in [5.74, 6) is -1.99. The van der Waals surface area contributed by atoms with Crippen LogP contribution in [0, 0.1) is 17.2 Å². The zero-order valence-electron chi connectivity index (χ0n) is 13.3. The highest BCUT2D eigenvalue weighted by atomic mass is 35.5. The van der Waals surface area contributed by atoms with Crippen LogP contribution in [0.4, 0.5) is 4.39 Å². The van der Waals surface area contributed by atoms with E-state index in [0.29, 0.717) is 31.6 Å². The number of amides is 1. The zero-order chi connectivity index (χ0) is 17.5. The van der Waals surface area contributed by atoms with Crippen LogP contribution in [0.3, 0.4) is 0 Å². The van der Waals surface area contributed by atoms with Crippen molar-refractivity contribution in [2.24, 2.45) is 11.3 Å². The Morgan fingerprint density at radius 2 is 2.21 bits per heavy atom. The molecule has 2 heterocycles. The molecule has 1 aromatic carbocycles. The fourth-order valence-corrected chi connectivity index (χ4v) is 3.54. The Morgan fingerprint density at radius 1 is 1.46 bits per heavy atom. The quantitative estimate of drug-likeness (QED) is 0.905. The average molecular weight is 356 g/mol. The highest BCUT2D eigenvalue weighted by Crippen LogP contribution is 2.39. The number of carboxylic acid groups (broad SMARTS) is 1. The number of carboxylic acids is 1. The fourth-order valence-electron chi connectivity index (χ4n) is 3.42. The molecule has 2 aliphatic rings. The van der Waals surface area contributed by atoms with Crippen LogP contribution in [0.5, 0.6) is 0 Å². The van der Waals surface area contributed by atoms with Crippen molar-refractivity contribution in [3.63, 3.8) is 0 Å². The van der Waals surface area contributed by atoms with Gasteiger partial charge in [-0.25, -0.2) is 4.39 Å². The Morgan fingerprint density at radius 3 is 2.83 bits per heavy atom. The third-order valence-corrected chi connectivity index (χ3v) is 5.29. The van der Waals surface area contributed by atoms with E-state index in [1.807, 2.05) is 0 Å². The van der Waals surface area contributed by atoms with Gasteiger partial charge in [-0.15, -0.1) is 0 Å². The van der Waals surface area contributed by atoms with Crippen LogP contribution in [0.1, 0.15) is 31.4 Å². The minimum Gasteiger partial charge on any atom is -0.481 e. The zero-order valence-corrected chi connectivity index (χ0v) is 14.1. The highest BCUT2D eigenvalue weighted by Gasteiger charge is 2.45. The van der Waals surface area contributed by atoms with Crippen LogP contribution in [-0.4, -0.2) is 41.6 Å². The number of ether oxygens (including phenoxy) is 1. The molecule has 3 rings (SSSR count).